The van der Waals surface area contributed by atoms with Gasteiger partial charge in [0, 0.05) is 21.2 Å². The zero-order chi connectivity index (χ0) is 56.3. The predicted molar refractivity (Wildman–Crippen MR) is 274 cm³/mol. The van der Waals surface area contributed by atoms with Crippen LogP contribution in [-0.4, -0.2) is 67.1 Å². The van der Waals surface area contributed by atoms with E-state index in [4.69, 9.17) is 34.8 Å². The van der Waals surface area contributed by atoms with Crippen molar-refractivity contribution in [2.75, 3.05) is 0 Å². The maximum absolute atomic E-state index is 13.8. The molecule has 0 unspecified atom stereocenters. The quantitative estimate of drug-likeness (QED) is 0.112. The van der Waals surface area contributed by atoms with Gasteiger partial charge < -0.3 is 0 Å². The molecule has 6 rings (SSSR count). The monoisotopic (exact) mass is 1100 g/mol. The second-order valence-electron chi connectivity index (χ2n) is 19.0. The normalized spacial score (nSPS) is 11.1. The third-order valence-corrected chi connectivity index (χ3v) is 10.9. The molecule has 0 aliphatic rings. The van der Waals surface area contributed by atoms with Crippen LogP contribution in [0.25, 0.3) is 0 Å². The van der Waals surface area contributed by atoms with Crippen LogP contribution in [-0.2, 0) is 0 Å². The first-order valence-corrected chi connectivity index (χ1v) is 23.5. The summed E-state index contributed by atoms with van der Waals surface area (Å²) in [4.78, 5) is 75.3. The molecule has 6 aromatic rings. The van der Waals surface area contributed by atoms with Gasteiger partial charge in [0.1, 0.15) is 51.6 Å². The molecule has 0 saturated heterocycles. The van der Waals surface area contributed by atoms with E-state index in [0.29, 0.717) is 10.0 Å². The lowest BCUT2D eigenvalue weighted by molar-refractivity contribution is 0.0354. The first kappa shape index (κ1) is 60.1. The van der Waals surface area contributed by atoms with E-state index in [1.54, 1.807) is 86.6 Å². The fourth-order valence-electron chi connectivity index (χ4n) is 6.41. The highest BCUT2D eigenvalue weighted by atomic mass is 35.5. The molecule has 396 valence electrons. The van der Waals surface area contributed by atoms with E-state index in [1.807, 2.05) is 0 Å². The van der Waals surface area contributed by atoms with E-state index in [1.165, 1.54) is 48.5 Å². The number of amides is 6. The Morgan fingerprint density at radius 1 is 0.373 bits per heavy atom. The summed E-state index contributed by atoms with van der Waals surface area (Å²) in [7, 11) is 0. The number of nitrogens with zero attached hydrogens (tertiary/aromatic N) is 3. The molecule has 0 fully saturated rings. The Labute approximate surface area is 444 Å². The van der Waals surface area contributed by atoms with Crippen molar-refractivity contribution in [2.45, 2.75) is 78.9 Å². The Morgan fingerprint density at radius 3 is 1.03 bits per heavy atom. The number of rotatable bonds is 6. The Bertz CT molecular complexity index is 3030. The number of carbonyl (C=O) groups excluding carboxylic acids is 6. The second-order valence-corrected chi connectivity index (χ2v) is 20.3. The van der Waals surface area contributed by atoms with Gasteiger partial charge in [-0.1, -0.05) is 71.2 Å². The lowest BCUT2D eigenvalue weighted by Crippen LogP contribution is -2.56. The maximum Gasteiger partial charge on any atom is 0.275 e. The minimum atomic E-state index is -1.06. The van der Waals surface area contributed by atoms with Crippen molar-refractivity contribution in [3.63, 3.8) is 0 Å². The van der Waals surface area contributed by atoms with Crippen molar-refractivity contribution >= 4 is 70.2 Å². The van der Waals surface area contributed by atoms with Gasteiger partial charge in [0.25, 0.3) is 35.4 Å². The number of nitrogens with one attached hydrogen (secondary N) is 3. The van der Waals surface area contributed by atoms with E-state index in [9.17, 15) is 55.1 Å². The van der Waals surface area contributed by atoms with E-state index in [-0.39, 0.29) is 21.7 Å². The topological polar surface area (TPSA) is 148 Å². The summed E-state index contributed by atoms with van der Waals surface area (Å²) in [6, 6.07) is 27.8. The van der Waals surface area contributed by atoms with Gasteiger partial charge >= 0.3 is 0 Å². The molecule has 6 aromatic carbocycles. The molecule has 0 heterocycles. The molecule has 75 heavy (non-hydrogen) atoms. The maximum atomic E-state index is 13.8. The first-order chi connectivity index (χ1) is 34.8. The predicted octanol–water partition coefficient (Wildman–Crippen LogP) is 12.6. The molecule has 0 saturated carbocycles. The average molecular weight is 1100 g/mol. The Balaban J connectivity index is 0.000000243. The van der Waals surface area contributed by atoms with Gasteiger partial charge in [-0.3, -0.25) is 45.0 Å². The van der Waals surface area contributed by atoms with Gasteiger partial charge in [0.05, 0.1) is 27.2 Å². The van der Waals surface area contributed by atoms with Crippen LogP contribution in [0.4, 0.5) is 26.3 Å². The Hall–Kier alpha value is -7.41. The SMILES string of the molecule is CC(C)(C)N(NC(=O)c1c(F)cccc1F)C(=O)c1ccc(Cl)cc1.CC(C)(C)N(NC(=O)c1c(F)cccc1F)C(=O)c1cccc(Cl)c1.CC(C)(C)N(NC(=O)c1c(F)cccc1F)C(=O)c1ccccc1Cl. The lowest BCUT2D eigenvalue weighted by atomic mass is 10.1. The number of hydrogen-bond acceptors (Lipinski definition) is 6. The Kier molecular flexibility index (Phi) is 20.2. The molecule has 12 nitrogen and oxygen atoms in total. The summed E-state index contributed by atoms with van der Waals surface area (Å²) < 4.78 is 82.8. The van der Waals surface area contributed by atoms with Crippen molar-refractivity contribution in [1.29, 1.82) is 0 Å². The first-order valence-electron chi connectivity index (χ1n) is 22.4. The second kappa shape index (κ2) is 25.2. The summed E-state index contributed by atoms with van der Waals surface area (Å²) >= 11 is 17.7. The molecule has 0 spiro atoms. The fraction of sp³-hybridized carbons (Fsp3) is 0.222. The van der Waals surface area contributed by atoms with Gasteiger partial charge in [-0.2, -0.15) is 0 Å². The molecule has 3 N–H and O–H groups in total. The fourth-order valence-corrected chi connectivity index (χ4v) is 6.95. The molecular formula is C54H51Cl3F6N6O6. The third-order valence-electron chi connectivity index (χ3n) is 10.1. The highest BCUT2D eigenvalue weighted by Gasteiger charge is 2.34. The molecule has 21 heteroatoms. The van der Waals surface area contributed by atoms with Crippen molar-refractivity contribution in [3.05, 3.63) is 211 Å². The summed E-state index contributed by atoms with van der Waals surface area (Å²) in [5.74, 6) is -10.9. The molecule has 0 aliphatic carbocycles. The van der Waals surface area contributed by atoms with Crippen molar-refractivity contribution in [1.82, 2.24) is 31.3 Å². The van der Waals surface area contributed by atoms with Crippen LogP contribution >= 0.6 is 34.8 Å². The third kappa shape index (κ3) is 16.0. The molecule has 6 amide bonds. The highest BCUT2D eigenvalue weighted by Crippen LogP contribution is 2.24. The Morgan fingerprint density at radius 2 is 0.693 bits per heavy atom. The highest BCUT2D eigenvalue weighted by molar-refractivity contribution is 6.34. The van der Waals surface area contributed by atoms with Gasteiger partial charge in [-0.05, 0) is 153 Å². The van der Waals surface area contributed by atoms with Crippen LogP contribution in [0.1, 0.15) is 124 Å². The molecule has 0 aliphatic heterocycles. The van der Waals surface area contributed by atoms with Gasteiger partial charge in [-0.15, -0.1) is 0 Å². The number of carbonyl (C=O) groups is 6. The largest absolute Gasteiger partial charge is 0.275 e. The van der Waals surface area contributed by atoms with Crippen molar-refractivity contribution in [3.8, 4) is 0 Å². The van der Waals surface area contributed by atoms with Gasteiger partial charge in [-0.25, -0.2) is 41.4 Å². The summed E-state index contributed by atoms with van der Waals surface area (Å²) in [5.41, 5.74) is 2.73. The van der Waals surface area contributed by atoms with Crippen molar-refractivity contribution in [2.24, 2.45) is 0 Å². The van der Waals surface area contributed by atoms with Crippen LogP contribution in [0, 0.1) is 34.9 Å². The van der Waals surface area contributed by atoms with E-state index in [0.717, 1.165) is 69.6 Å². The van der Waals surface area contributed by atoms with Crippen molar-refractivity contribution < 1.29 is 55.1 Å². The smallest absolute Gasteiger partial charge is 0.267 e. The summed E-state index contributed by atoms with van der Waals surface area (Å²) in [6.45, 7) is 15.1. The molecule has 0 atom stereocenters. The summed E-state index contributed by atoms with van der Waals surface area (Å²) in [6.07, 6.45) is 0. The van der Waals surface area contributed by atoms with Crippen LogP contribution in [0.15, 0.2) is 127 Å². The molecule has 0 bridgehead atoms. The minimum Gasteiger partial charge on any atom is -0.267 e. The standard InChI is InChI=1S/3C18H17ClF2N2O2/c1-18(2,3)23(17(25)11-6-4-7-12(19)10-11)22-16(24)15-13(20)8-5-9-14(15)21;1-18(2,3)23(17(25)11-7-4-5-8-12(11)19)22-16(24)15-13(20)9-6-10-14(15)21;1-18(2,3)23(17(25)11-7-9-12(19)10-8-11)22-16(24)15-13(20)5-4-6-14(15)21/h3*4-10H,1-3H3,(H,22,24). The van der Waals surface area contributed by atoms with E-state index >= 15 is 0 Å². The van der Waals surface area contributed by atoms with Gasteiger partial charge in [0.15, 0.2) is 0 Å². The van der Waals surface area contributed by atoms with Crippen LogP contribution in [0.2, 0.25) is 15.1 Å². The number of hydrogen-bond donors (Lipinski definition) is 3. The van der Waals surface area contributed by atoms with Crippen LogP contribution in [0.5, 0.6) is 0 Å². The minimum absolute atomic E-state index is 0.161. The zero-order valence-corrected chi connectivity index (χ0v) is 44.1. The number of benzene rings is 6. The van der Waals surface area contributed by atoms with E-state index in [2.05, 4.69) is 16.3 Å². The number of hydrazine groups is 3. The summed E-state index contributed by atoms with van der Waals surface area (Å²) in [5, 5.41) is 4.07. The molecular weight excluding hydrogens is 1050 g/mol. The molecule has 0 radical (unpaired) electrons. The van der Waals surface area contributed by atoms with E-state index < -0.39 is 104 Å². The average Bonchev–Trinajstić information content (AvgIpc) is 3.30. The van der Waals surface area contributed by atoms with Gasteiger partial charge in [0.2, 0.25) is 0 Å². The lowest BCUT2D eigenvalue weighted by Gasteiger charge is -2.35. The zero-order valence-electron chi connectivity index (χ0n) is 41.8. The van der Waals surface area contributed by atoms with Crippen LogP contribution in [0.3, 0.4) is 0 Å². The number of halogens is 9. The van der Waals surface area contributed by atoms with Crippen LogP contribution < -0.4 is 16.3 Å². The molecule has 0 aromatic heterocycles.